The first kappa shape index (κ1) is 18.3. The highest BCUT2D eigenvalue weighted by atomic mass is 16.5. The summed E-state index contributed by atoms with van der Waals surface area (Å²) in [6, 6.07) is 10.2. The molecule has 1 heterocycles. The van der Waals surface area contributed by atoms with Crippen molar-refractivity contribution < 1.29 is 18.7 Å². The number of carbonyl (C=O) groups is 2. The molecular formula is C19H22N2O4. The third kappa shape index (κ3) is 5.53. The number of likely N-dealkylation sites (N-methyl/N-ethyl adjacent to an activating group) is 1. The molecular weight excluding hydrogens is 320 g/mol. The van der Waals surface area contributed by atoms with E-state index in [-0.39, 0.29) is 11.6 Å². The van der Waals surface area contributed by atoms with Crippen LogP contribution in [0.5, 0.6) is 5.75 Å². The van der Waals surface area contributed by atoms with Crippen molar-refractivity contribution in [3.8, 4) is 5.75 Å². The van der Waals surface area contributed by atoms with Crippen LogP contribution in [0.3, 0.4) is 0 Å². The molecule has 0 unspecified atom stereocenters. The average molecular weight is 342 g/mol. The van der Waals surface area contributed by atoms with Crippen molar-refractivity contribution in [1.29, 1.82) is 0 Å². The Kier molecular flexibility index (Phi) is 6.83. The van der Waals surface area contributed by atoms with Crippen LogP contribution >= 0.6 is 0 Å². The molecule has 0 fully saturated rings. The van der Waals surface area contributed by atoms with Crippen LogP contribution < -0.4 is 15.4 Å². The quantitative estimate of drug-likeness (QED) is 0.571. The van der Waals surface area contributed by atoms with Crippen LogP contribution in [0.25, 0.3) is 6.08 Å². The summed E-state index contributed by atoms with van der Waals surface area (Å²) in [5, 5.41) is 5.09. The number of nitrogens with one attached hydrogen (secondary N) is 2. The third-order valence-corrected chi connectivity index (χ3v) is 3.43. The molecule has 2 rings (SSSR count). The third-order valence-electron chi connectivity index (χ3n) is 3.43. The zero-order valence-electron chi connectivity index (χ0n) is 14.4. The standard InChI is InChI=1S/C19H22N2O4/c1-3-4-11-24-15-9-7-14(8-10-15)18(22)21-17(19(23)20-2)13-16-6-5-12-25-16/h5-10,12-13H,3-4,11H2,1-2H3,(H,20,23)(H,21,22). The van der Waals surface area contributed by atoms with Gasteiger partial charge in [-0.25, -0.2) is 0 Å². The van der Waals surface area contributed by atoms with Crippen LogP contribution in [0, 0.1) is 0 Å². The Hall–Kier alpha value is -3.02. The molecule has 0 aliphatic rings. The molecule has 1 aromatic carbocycles. The smallest absolute Gasteiger partial charge is 0.267 e. The number of benzene rings is 1. The van der Waals surface area contributed by atoms with E-state index in [1.165, 1.54) is 19.4 Å². The Morgan fingerprint density at radius 3 is 2.56 bits per heavy atom. The van der Waals surface area contributed by atoms with Gasteiger partial charge in [-0.15, -0.1) is 0 Å². The van der Waals surface area contributed by atoms with Gasteiger partial charge in [0.2, 0.25) is 0 Å². The minimum atomic E-state index is -0.413. The average Bonchev–Trinajstić information content (AvgIpc) is 3.14. The van der Waals surface area contributed by atoms with E-state index in [0.717, 1.165) is 12.8 Å². The predicted octanol–water partition coefficient (Wildman–Crippen LogP) is 2.98. The summed E-state index contributed by atoms with van der Waals surface area (Å²) < 4.78 is 10.8. The van der Waals surface area contributed by atoms with Crippen molar-refractivity contribution in [2.24, 2.45) is 0 Å². The highest BCUT2D eigenvalue weighted by molar-refractivity contribution is 6.05. The molecule has 2 aromatic rings. The van der Waals surface area contributed by atoms with E-state index in [4.69, 9.17) is 9.15 Å². The number of hydrogen-bond acceptors (Lipinski definition) is 4. The van der Waals surface area contributed by atoms with Gasteiger partial charge in [-0.05, 0) is 42.8 Å². The Balaban J connectivity index is 2.06. The molecule has 1 aromatic heterocycles. The van der Waals surface area contributed by atoms with Gasteiger partial charge < -0.3 is 19.8 Å². The van der Waals surface area contributed by atoms with Crippen molar-refractivity contribution in [2.45, 2.75) is 19.8 Å². The van der Waals surface area contributed by atoms with Gasteiger partial charge in [0, 0.05) is 18.7 Å². The lowest BCUT2D eigenvalue weighted by molar-refractivity contribution is -0.117. The van der Waals surface area contributed by atoms with E-state index in [1.807, 2.05) is 0 Å². The molecule has 0 aliphatic heterocycles. The van der Waals surface area contributed by atoms with Gasteiger partial charge in [-0.2, -0.15) is 0 Å². The minimum Gasteiger partial charge on any atom is -0.494 e. The molecule has 132 valence electrons. The molecule has 2 amide bonds. The lowest BCUT2D eigenvalue weighted by Crippen LogP contribution is -2.33. The zero-order valence-corrected chi connectivity index (χ0v) is 14.4. The highest BCUT2D eigenvalue weighted by Crippen LogP contribution is 2.13. The maximum atomic E-state index is 12.4. The number of furan rings is 1. The number of carbonyl (C=O) groups excluding carboxylic acids is 2. The van der Waals surface area contributed by atoms with E-state index in [0.29, 0.717) is 23.7 Å². The molecule has 0 bridgehead atoms. The van der Waals surface area contributed by atoms with Gasteiger partial charge in [-0.1, -0.05) is 13.3 Å². The fourth-order valence-electron chi connectivity index (χ4n) is 2.04. The Bertz CT molecular complexity index is 718. The second-order valence-electron chi connectivity index (χ2n) is 5.33. The van der Waals surface area contributed by atoms with E-state index in [2.05, 4.69) is 17.6 Å². The fourth-order valence-corrected chi connectivity index (χ4v) is 2.04. The second-order valence-corrected chi connectivity index (χ2v) is 5.33. The number of hydrogen-bond donors (Lipinski definition) is 2. The maximum absolute atomic E-state index is 12.4. The lowest BCUT2D eigenvalue weighted by Gasteiger charge is -2.09. The van der Waals surface area contributed by atoms with Gasteiger partial charge >= 0.3 is 0 Å². The molecule has 0 aliphatic carbocycles. The molecule has 6 nitrogen and oxygen atoms in total. The molecule has 2 N–H and O–H groups in total. The summed E-state index contributed by atoms with van der Waals surface area (Å²) in [5.41, 5.74) is 0.530. The zero-order chi connectivity index (χ0) is 18.1. The molecule has 0 saturated carbocycles. The lowest BCUT2D eigenvalue weighted by atomic mass is 10.2. The van der Waals surface area contributed by atoms with Crippen LogP contribution in [-0.2, 0) is 4.79 Å². The summed E-state index contributed by atoms with van der Waals surface area (Å²) >= 11 is 0. The number of amides is 2. The normalized spacial score (nSPS) is 11.0. The molecule has 0 radical (unpaired) electrons. The molecule has 0 spiro atoms. The van der Waals surface area contributed by atoms with E-state index in [9.17, 15) is 9.59 Å². The first-order valence-corrected chi connectivity index (χ1v) is 8.15. The first-order valence-electron chi connectivity index (χ1n) is 8.15. The SMILES string of the molecule is CCCCOc1ccc(C(=O)NC(=Cc2ccco2)C(=O)NC)cc1. The molecule has 0 saturated heterocycles. The van der Waals surface area contributed by atoms with Crippen LogP contribution in [0.2, 0.25) is 0 Å². The van der Waals surface area contributed by atoms with Gasteiger partial charge in [0.15, 0.2) is 0 Å². The summed E-state index contributed by atoms with van der Waals surface area (Å²) in [6.07, 6.45) is 5.01. The predicted molar refractivity (Wildman–Crippen MR) is 95.1 cm³/mol. The Labute approximate surface area is 146 Å². The summed E-state index contributed by atoms with van der Waals surface area (Å²) in [4.78, 5) is 24.3. The molecule has 25 heavy (non-hydrogen) atoms. The number of rotatable bonds is 8. The summed E-state index contributed by atoms with van der Waals surface area (Å²) in [6.45, 7) is 2.74. The van der Waals surface area contributed by atoms with Crippen LogP contribution in [-0.4, -0.2) is 25.5 Å². The number of ether oxygens (including phenoxy) is 1. The van der Waals surface area contributed by atoms with Crippen molar-refractivity contribution >= 4 is 17.9 Å². The molecule has 0 atom stereocenters. The molecule has 6 heteroatoms. The van der Waals surface area contributed by atoms with Crippen molar-refractivity contribution in [2.75, 3.05) is 13.7 Å². The van der Waals surface area contributed by atoms with Crippen LogP contribution in [0.1, 0.15) is 35.9 Å². The van der Waals surface area contributed by atoms with Gasteiger partial charge in [0.05, 0.1) is 12.9 Å². The monoisotopic (exact) mass is 342 g/mol. The van der Waals surface area contributed by atoms with Gasteiger partial charge in [-0.3, -0.25) is 9.59 Å². The van der Waals surface area contributed by atoms with Crippen molar-refractivity contribution in [3.05, 3.63) is 59.7 Å². The fraction of sp³-hybridized carbons (Fsp3) is 0.263. The second kappa shape index (κ2) is 9.32. The highest BCUT2D eigenvalue weighted by Gasteiger charge is 2.14. The van der Waals surface area contributed by atoms with Crippen molar-refractivity contribution in [3.63, 3.8) is 0 Å². The topological polar surface area (TPSA) is 80.6 Å². The van der Waals surface area contributed by atoms with Crippen LogP contribution in [0.4, 0.5) is 0 Å². The van der Waals surface area contributed by atoms with Crippen molar-refractivity contribution in [1.82, 2.24) is 10.6 Å². The summed E-state index contributed by atoms with van der Waals surface area (Å²) in [7, 11) is 1.49. The summed E-state index contributed by atoms with van der Waals surface area (Å²) in [5.74, 6) is 0.381. The Morgan fingerprint density at radius 2 is 1.96 bits per heavy atom. The maximum Gasteiger partial charge on any atom is 0.267 e. The van der Waals surface area contributed by atoms with Gasteiger partial charge in [0.25, 0.3) is 11.8 Å². The first-order chi connectivity index (χ1) is 12.1. The van der Waals surface area contributed by atoms with Gasteiger partial charge in [0.1, 0.15) is 17.2 Å². The van der Waals surface area contributed by atoms with Crippen LogP contribution in [0.15, 0.2) is 52.8 Å². The van der Waals surface area contributed by atoms with E-state index < -0.39 is 5.91 Å². The largest absolute Gasteiger partial charge is 0.494 e. The van der Waals surface area contributed by atoms with E-state index >= 15 is 0 Å². The number of unbranched alkanes of at least 4 members (excludes halogenated alkanes) is 1. The van der Waals surface area contributed by atoms with E-state index in [1.54, 1.807) is 36.4 Å². The Morgan fingerprint density at radius 1 is 1.20 bits per heavy atom. The minimum absolute atomic E-state index is 0.103.